The molecule has 1 aliphatic rings. The normalized spacial score (nSPS) is 18.5. The number of nitrogens with zero attached hydrogens (tertiary/aromatic N) is 1. The summed E-state index contributed by atoms with van der Waals surface area (Å²) in [7, 11) is 0. The summed E-state index contributed by atoms with van der Waals surface area (Å²) >= 11 is 0. The number of unbranched alkanes of at least 4 members (excludes halogenated alkanes) is 4. The van der Waals surface area contributed by atoms with Gasteiger partial charge in [-0.15, -0.1) is 0 Å². The van der Waals surface area contributed by atoms with Gasteiger partial charge in [0.2, 0.25) is 0 Å². The first-order valence-corrected chi connectivity index (χ1v) is 6.53. The Morgan fingerprint density at radius 1 is 1.31 bits per heavy atom. The topological polar surface area (TPSA) is 38.1 Å². The Labute approximate surface area is 97.6 Å². The Morgan fingerprint density at radius 2 is 2.12 bits per heavy atom. The molecule has 0 spiro atoms. The Bertz CT molecular complexity index is 333. The highest BCUT2D eigenvalue weighted by molar-refractivity contribution is 5.55. The molecule has 1 aliphatic heterocycles. The van der Waals surface area contributed by atoms with E-state index in [4.69, 9.17) is 4.52 Å². The van der Waals surface area contributed by atoms with Crippen LogP contribution in [-0.4, -0.2) is 11.2 Å². The summed E-state index contributed by atoms with van der Waals surface area (Å²) < 4.78 is 5.27. The fourth-order valence-corrected chi connectivity index (χ4v) is 2.39. The Morgan fingerprint density at radius 3 is 2.88 bits per heavy atom. The van der Waals surface area contributed by atoms with Crippen molar-refractivity contribution in [3.05, 3.63) is 11.5 Å². The van der Waals surface area contributed by atoms with E-state index in [0.29, 0.717) is 6.04 Å². The molecule has 3 nitrogen and oxygen atoms in total. The van der Waals surface area contributed by atoms with E-state index < -0.39 is 0 Å². The van der Waals surface area contributed by atoms with Crippen LogP contribution in [0.25, 0.3) is 0 Å². The number of rotatable bonds is 6. The summed E-state index contributed by atoms with van der Waals surface area (Å²) in [5.41, 5.74) is 2.15. The molecule has 2 heterocycles. The zero-order valence-electron chi connectivity index (χ0n) is 10.4. The van der Waals surface area contributed by atoms with Crippen LogP contribution in [0.5, 0.6) is 0 Å². The Balaban J connectivity index is 1.67. The minimum atomic E-state index is 0.581. The first kappa shape index (κ1) is 11.5. The second-order valence-electron chi connectivity index (χ2n) is 4.81. The van der Waals surface area contributed by atoms with Crippen LogP contribution in [0, 0.1) is 6.92 Å². The number of nitrogens with one attached hydrogen (secondary N) is 1. The molecule has 0 radical (unpaired) electrons. The molecule has 0 aliphatic carbocycles. The van der Waals surface area contributed by atoms with Crippen molar-refractivity contribution in [1.82, 2.24) is 5.16 Å². The predicted octanol–water partition coefficient (Wildman–Crippen LogP) is 3.68. The molecule has 3 heteroatoms. The second-order valence-corrected chi connectivity index (χ2v) is 4.81. The van der Waals surface area contributed by atoms with E-state index in [2.05, 4.69) is 17.4 Å². The predicted molar refractivity (Wildman–Crippen MR) is 65.7 cm³/mol. The second kappa shape index (κ2) is 5.37. The summed E-state index contributed by atoms with van der Waals surface area (Å²) in [5.74, 6) is 1.05. The lowest BCUT2D eigenvalue weighted by Crippen LogP contribution is -2.15. The first-order valence-electron chi connectivity index (χ1n) is 6.53. The van der Waals surface area contributed by atoms with Crippen LogP contribution in [-0.2, 0) is 6.42 Å². The average molecular weight is 222 g/mol. The molecule has 1 N–H and O–H groups in total. The van der Waals surface area contributed by atoms with Crippen molar-refractivity contribution < 1.29 is 4.52 Å². The van der Waals surface area contributed by atoms with Gasteiger partial charge >= 0.3 is 0 Å². The molecule has 0 saturated heterocycles. The van der Waals surface area contributed by atoms with E-state index in [1.807, 2.05) is 6.92 Å². The van der Waals surface area contributed by atoms with Gasteiger partial charge in [-0.3, -0.25) is 0 Å². The summed E-state index contributed by atoms with van der Waals surface area (Å²) in [4.78, 5) is 0. The largest absolute Gasteiger partial charge is 0.377 e. The van der Waals surface area contributed by atoms with Gasteiger partial charge < -0.3 is 9.84 Å². The molecule has 0 saturated carbocycles. The van der Waals surface area contributed by atoms with Crippen molar-refractivity contribution in [2.45, 2.75) is 64.8 Å². The summed E-state index contributed by atoms with van der Waals surface area (Å²) in [6.45, 7) is 4.26. The Kier molecular flexibility index (Phi) is 3.86. The molecule has 90 valence electrons. The fourth-order valence-electron chi connectivity index (χ4n) is 2.39. The van der Waals surface area contributed by atoms with Gasteiger partial charge in [0.05, 0.1) is 0 Å². The van der Waals surface area contributed by atoms with Crippen molar-refractivity contribution in [3.8, 4) is 0 Å². The molecule has 0 fully saturated rings. The van der Waals surface area contributed by atoms with E-state index in [1.165, 1.54) is 38.5 Å². The molecule has 0 bridgehead atoms. The minimum Gasteiger partial charge on any atom is -0.377 e. The zero-order chi connectivity index (χ0) is 11.4. The number of aryl methyl sites for hydroxylation is 1. The highest BCUT2D eigenvalue weighted by Gasteiger charge is 2.26. The lowest BCUT2D eigenvalue weighted by molar-refractivity contribution is 0.376. The van der Waals surface area contributed by atoms with Crippen LogP contribution in [0.1, 0.15) is 56.9 Å². The number of hydrogen-bond acceptors (Lipinski definition) is 3. The fraction of sp³-hybridized carbons (Fsp3) is 0.769. The van der Waals surface area contributed by atoms with Crippen molar-refractivity contribution in [2.75, 3.05) is 5.32 Å². The maximum atomic E-state index is 5.27. The van der Waals surface area contributed by atoms with Crippen LogP contribution in [0.4, 0.5) is 5.69 Å². The van der Waals surface area contributed by atoms with E-state index >= 15 is 0 Å². The van der Waals surface area contributed by atoms with Gasteiger partial charge in [0, 0.05) is 12.5 Å². The van der Waals surface area contributed by atoms with Gasteiger partial charge in [0.1, 0.15) is 11.4 Å². The lowest BCUT2D eigenvalue weighted by Gasteiger charge is -2.10. The van der Waals surface area contributed by atoms with Gasteiger partial charge in [-0.1, -0.05) is 44.2 Å². The SMILES string of the molecule is CCCCCCCC1Cc2onc(C)c2N1. The molecule has 0 amide bonds. The van der Waals surface area contributed by atoms with Crippen LogP contribution in [0.3, 0.4) is 0 Å². The number of anilines is 1. The number of fused-ring (bicyclic) bond motifs is 1. The van der Waals surface area contributed by atoms with Gasteiger partial charge in [-0.05, 0) is 13.3 Å². The third-order valence-corrected chi connectivity index (χ3v) is 3.37. The van der Waals surface area contributed by atoms with Gasteiger partial charge in [-0.2, -0.15) is 0 Å². The minimum absolute atomic E-state index is 0.581. The summed E-state index contributed by atoms with van der Waals surface area (Å²) in [5, 5.41) is 7.47. The van der Waals surface area contributed by atoms with Crippen molar-refractivity contribution >= 4 is 5.69 Å². The summed E-state index contributed by atoms with van der Waals surface area (Å²) in [6, 6.07) is 0.581. The van der Waals surface area contributed by atoms with Crippen molar-refractivity contribution in [2.24, 2.45) is 0 Å². The van der Waals surface area contributed by atoms with Crippen LogP contribution >= 0.6 is 0 Å². The summed E-state index contributed by atoms with van der Waals surface area (Å²) in [6.07, 6.45) is 9.05. The zero-order valence-corrected chi connectivity index (χ0v) is 10.4. The maximum absolute atomic E-state index is 5.27. The standard InChI is InChI=1S/C13H22N2O/c1-3-4-5-6-7-8-11-9-12-13(14-11)10(2)15-16-12/h11,14H,3-9H2,1-2H3. The van der Waals surface area contributed by atoms with E-state index in [1.54, 1.807) is 0 Å². The highest BCUT2D eigenvalue weighted by atomic mass is 16.5. The molecule has 0 aromatic carbocycles. The Hall–Kier alpha value is -0.990. The van der Waals surface area contributed by atoms with Gasteiger partial charge in [0.25, 0.3) is 0 Å². The molecular weight excluding hydrogens is 200 g/mol. The third-order valence-electron chi connectivity index (χ3n) is 3.37. The van der Waals surface area contributed by atoms with Crippen molar-refractivity contribution in [3.63, 3.8) is 0 Å². The first-order chi connectivity index (χ1) is 7.81. The molecule has 16 heavy (non-hydrogen) atoms. The van der Waals surface area contributed by atoms with Gasteiger partial charge in [-0.25, -0.2) is 0 Å². The van der Waals surface area contributed by atoms with Crippen LogP contribution < -0.4 is 5.32 Å². The lowest BCUT2D eigenvalue weighted by atomic mass is 10.1. The quantitative estimate of drug-likeness (QED) is 0.746. The van der Waals surface area contributed by atoms with Gasteiger partial charge in [0.15, 0.2) is 5.76 Å². The molecule has 1 aromatic heterocycles. The van der Waals surface area contributed by atoms with Crippen LogP contribution in [0.2, 0.25) is 0 Å². The van der Waals surface area contributed by atoms with E-state index in [9.17, 15) is 0 Å². The monoisotopic (exact) mass is 222 g/mol. The highest BCUT2D eigenvalue weighted by Crippen LogP contribution is 2.30. The molecule has 1 aromatic rings. The van der Waals surface area contributed by atoms with Crippen molar-refractivity contribution in [1.29, 1.82) is 0 Å². The number of hydrogen-bond donors (Lipinski definition) is 1. The smallest absolute Gasteiger partial charge is 0.162 e. The third kappa shape index (κ3) is 2.57. The molecule has 2 rings (SSSR count). The van der Waals surface area contributed by atoms with E-state index in [0.717, 1.165) is 23.6 Å². The van der Waals surface area contributed by atoms with Crippen LogP contribution in [0.15, 0.2) is 4.52 Å². The maximum Gasteiger partial charge on any atom is 0.162 e. The average Bonchev–Trinajstić information content (AvgIpc) is 2.81. The molecule has 1 atom stereocenters. The molecular formula is C13H22N2O. The molecule has 1 unspecified atom stereocenters. The number of aromatic nitrogens is 1. The van der Waals surface area contributed by atoms with E-state index in [-0.39, 0.29) is 0 Å².